The Morgan fingerprint density at radius 3 is 2.71 bits per heavy atom. The van der Waals surface area contributed by atoms with E-state index in [4.69, 9.17) is 9.47 Å². The van der Waals surface area contributed by atoms with E-state index in [0.717, 1.165) is 4.57 Å². The van der Waals surface area contributed by atoms with Gasteiger partial charge in [0.15, 0.2) is 12.0 Å². The van der Waals surface area contributed by atoms with Crippen molar-refractivity contribution in [2.75, 3.05) is 18.5 Å². The number of ether oxygens (including phenoxy) is 2. The Balaban J connectivity index is 1.93. The first kappa shape index (κ1) is 22.5. The van der Waals surface area contributed by atoms with E-state index < -0.39 is 36.3 Å². The smallest absolute Gasteiger partial charge is 0.412 e. The molecule has 2 rings (SSSR count). The second-order valence-corrected chi connectivity index (χ2v) is 7.32. The van der Waals surface area contributed by atoms with Gasteiger partial charge in [0.2, 0.25) is 5.91 Å². The first-order valence-electron chi connectivity index (χ1n) is 8.75. The van der Waals surface area contributed by atoms with Gasteiger partial charge in [-0.25, -0.2) is 9.59 Å². The molecule has 1 aliphatic rings. The van der Waals surface area contributed by atoms with Crippen LogP contribution in [0.1, 0.15) is 32.9 Å². The number of anilines is 1. The summed E-state index contributed by atoms with van der Waals surface area (Å²) in [4.78, 5) is 39.0. The van der Waals surface area contributed by atoms with E-state index in [1.54, 1.807) is 13.8 Å². The summed E-state index contributed by atoms with van der Waals surface area (Å²) >= 11 is 1.86. The minimum atomic E-state index is -1.28. The van der Waals surface area contributed by atoms with Crippen LogP contribution in [0.2, 0.25) is 0 Å². The second-order valence-electron chi connectivity index (χ2n) is 6.16. The van der Waals surface area contributed by atoms with Crippen LogP contribution < -0.4 is 16.3 Å². The Morgan fingerprint density at radius 1 is 1.39 bits per heavy atom. The van der Waals surface area contributed by atoms with Gasteiger partial charge in [0.05, 0.1) is 16.3 Å². The Labute approximate surface area is 174 Å². The number of hydrogen-bond acceptors (Lipinski definition) is 8. The maximum atomic E-state index is 12.3. The number of nitrogens with one attached hydrogen (secondary N) is 2. The summed E-state index contributed by atoms with van der Waals surface area (Å²) < 4.78 is 11.9. The van der Waals surface area contributed by atoms with Gasteiger partial charge in [-0.3, -0.25) is 14.7 Å². The van der Waals surface area contributed by atoms with Crippen LogP contribution in [0.25, 0.3) is 0 Å². The van der Waals surface area contributed by atoms with E-state index in [1.165, 1.54) is 6.20 Å². The minimum absolute atomic E-state index is 0.00668. The third kappa shape index (κ3) is 5.62. The predicted molar refractivity (Wildman–Crippen MR) is 106 cm³/mol. The fourth-order valence-electron chi connectivity index (χ4n) is 2.50. The average Bonchev–Trinajstić information content (AvgIpc) is 2.91. The molecule has 1 fully saturated rings. The molecule has 1 saturated heterocycles. The quantitative estimate of drug-likeness (QED) is 0.295. The highest BCUT2D eigenvalue weighted by Gasteiger charge is 2.42. The number of carbonyl (C=O) groups is 2. The Morgan fingerprint density at radius 2 is 2.11 bits per heavy atom. The molecule has 0 aromatic carbocycles. The molecule has 2 amide bonds. The lowest BCUT2D eigenvalue weighted by Crippen LogP contribution is -2.36. The lowest BCUT2D eigenvalue weighted by atomic mass is 10.1. The fraction of sp³-hybridized carbons (Fsp3) is 0.625. The number of amides is 2. The topological polar surface area (TPSA) is 152 Å². The molecule has 11 nitrogen and oxygen atoms in total. The molecule has 1 aliphatic heterocycles. The molecule has 28 heavy (non-hydrogen) atoms. The van der Waals surface area contributed by atoms with Crippen LogP contribution in [0.15, 0.2) is 11.0 Å². The van der Waals surface area contributed by atoms with Crippen molar-refractivity contribution in [3.05, 3.63) is 20.3 Å². The van der Waals surface area contributed by atoms with Crippen molar-refractivity contribution in [2.45, 2.75) is 51.2 Å². The number of halogens is 1. The van der Waals surface area contributed by atoms with Crippen molar-refractivity contribution in [1.82, 2.24) is 14.9 Å². The van der Waals surface area contributed by atoms with Gasteiger partial charge in [0.25, 0.3) is 0 Å². The summed E-state index contributed by atoms with van der Waals surface area (Å²) in [6.45, 7) is 3.79. The van der Waals surface area contributed by atoms with Crippen LogP contribution in [0.3, 0.4) is 0 Å². The number of aliphatic hydroxyl groups is 2. The Bertz CT molecular complexity index is 772. The molecule has 0 spiro atoms. The minimum Gasteiger partial charge on any atom is -0.449 e. The van der Waals surface area contributed by atoms with Gasteiger partial charge in [-0.15, -0.1) is 0 Å². The highest BCUT2D eigenvalue weighted by atomic mass is 127. The number of nitrogens with zero attached hydrogens (tertiary/aromatic N) is 2. The monoisotopic (exact) mass is 510 g/mol. The molecular formula is C16H23IN4O7. The zero-order valence-corrected chi connectivity index (χ0v) is 17.6. The number of aromatic nitrogens is 2. The van der Waals surface area contributed by atoms with Gasteiger partial charge in [0, 0.05) is 19.2 Å². The average molecular weight is 510 g/mol. The first-order chi connectivity index (χ1) is 13.2. The van der Waals surface area contributed by atoms with Crippen LogP contribution in [-0.2, 0) is 14.3 Å². The predicted octanol–water partition coefficient (Wildman–Crippen LogP) is -0.0482. The lowest BCUT2D eigenvalue weighted by molar-refractivity contribution is -0.120. The van der Waals surface area contributed by atoms with Crippen molar-refractivity contribution in [2.24, 2.45) is 0 Å². The third-order valence-corrected chi connectivity index (χ3v) is 4.87. The van der Waals surface area contributed by atoms with E-state index >= 15 is 0 Å². The molecule has 4 N–H and O–H groups in total. The third-order valence-electron chi connectivity index (χ3n) is 4.08. The van der Waals surface area contributed by atoms with Gasteiger partial charge in [-0.2, -0.15) is 4.98 Å². The number of aliphatic hydroxyl groups excluding tert-OH is 2. The zero-order valence-electron chi connectivity index (χ0n) is 15.4. The van der Waals surface area contributed by atoms with E-state index in [0.29, 0.717) is 23.0 Å². The summed E-state index contributed by atoms with van der Waals surface area (Å²) in [5.74, 6) is -0.0748. The van der Waals surface area contributed by atoms with Crippen molar-refractivity contribution < 1.29 is 29.3 Å². The fourth-order valence-corrected chi connectivity index (χ4v) is 3.05. The highest BCUT2D eigenvalue weighted by Crippen LogP contribution is 2.28. The van der Waals surface area contributed by atoms with Crippen molar-refractivity contribution in [1.29, 1.82) is 0 Å². The molecule has 2 unspecified atom stereocenters. The van der Waals surface area contributed by atoms with Crippen LogP contribution in [0.5, 0.6) is 0 Å². The van der Waals surface area contributed by atoms with Crippen molar-refractivity contribution in [3.63, 3.8) is 0 Å². The van der Waals surface area contributed by atoms with E-state index in [-0.39, 0.29) is 18.3 Å². The van der Waals surface area contributed by atoms with Crippen LogP contribution >= 0.6 is 22.6 Å². The molecule has 4 atom stereocenters. The lowest BCUT2D eigenvalue weighted by Gasteiger charge is -2.18. The summed E-state index contributed by atoms with van der Waals surface area (Å²) in [7, 11) is 0. The van der Waals surface area contributed by atoms with Crippen LogP contribution in [-0.4, -0.2) is 63.2 Å². The number of rotatable bonds is 7. The molecular weight excluding hydrogens is 487 g/mol. The van der Waals surface area contributed by atoms with Crippen molar-refractivity contribution >= 4 is 40.4 Å². The van der Waals surface area contributed by atoms with Gasteiger partial charge in [0.1, 0.15) is 12.2 Å². The SMILES string of the molecule is CCC(=O)NCCCOC(=O)Nc1nc(=O)n([C@@H]2O[C@H](C)C(O)C2O)cc1I. The molecule has 1 aromatic heterocycles. The molecule has 156 valence electrons. The highest BCUT2D eigenvalue weighted by molar-refractivity contribution is 14.1. The summed E-state index contributed by atoms with van der Waals surface area (Å²) in [6, 6.07) is 0. The van der Waals surface area contributed by atoms with Gasteiger partial charge in [-0.1, -0.05) is 6.92 Å². The Hall–Kier alpha value is -1.77. The van der Waals surface area contributed by atoms with E-state index in [2.05, 4.69) is 15.6 Å². The second kappa shape index (κ2) is 10.1. The first-order valence-corrected chi connectivity index (χ1v) is 9.83. The van der Waals surface area contributed by atoms with E-state index in [9.17, 15) is 24.6 Å². The van der Waals surface area contributed by atoms with Crippen LogP contribution in [0, 0.1) is 3.57 Å². The maximum Gasteiger partial charge on any atom is 0.412 e. The number of carbonyl (C=O) groups excluding carboxylic acids is 2. The van der Waals surface area contributed by atoms with Crippen molar-refractivity contribution in [3.8, 4) is 0 Å². The molecule has 0 radical (unpaired) electrons. The number of hydrogen-bond donors (Lipinski definition) is 4. The summed E-state index contributed by atoms with van der Waals surface area (Å²) in [5.41, 5.74) is -0.761. The largest absolute Gasteiger partial charge is 0.449 e. The zero-order chi connectivity index (χ0) is 20.8. The van der Waals surface area contributed by atoms with Gasteiger partial charge in [-0.05, 0) is 35.9 Å². The molecule has 2 heterocycles. The van der Waals surface area contributed by atoms with Gasteiger partial charge < -0.3 is 25.0 Å². The molecule has 0 bridgehead atoms. The van der Waals surface area contributed by atoms with Gasteiger partial charge >= 0.3 is 11.8 Å². The molecule has 0 aliphatic carbocycles. The molecule has 0 saturated carbocycles. The summed E-state index contributed by atoms with van der Waals surface area (Å²) in [5, 5.41) is 24.8. The Kier molecular flexibility index (Phi) is 8.15. The molecule has 12 heteroatoms. The molecule has 1 aromatic rings. The standard InChI is InChI=1S/C16H23IN4O7/c1-3-10(22)18-5-4-6-27-16(26)20-13-9(17)7-21(15(25)19-13)14-12(24)11(23)8(2)28-14/h7-8,11-12,14,23-24H,3-6H2,1-2H3,(H,18,22)(H,19,20,25,26)/t8-,11?,12?,14-/m1/s1. The maximum absolute atomic E-state index is 12.3. The van der Waals surface area contributed by atoms with Crippen LogP contribution in [0.4, 0.5) is 10.6 Å². The normalized spacial score (nSPS) is 24.0. The van der Waals surface area contributed by atoms with E-state index in [1.807, 2.05) is 22.6 Å². The summed E-state index contributed by atoms with van der Waals surface area (Å²) in [6.07, 6.45) is -2.69.